The summed E-state index contributed by atoms with van der Waals surface area (Å²) in [5, 5.41) is 10.5. The third-order valence-corrected chi connectivity index (χ3v) is 3.95. The van der Waals surface area contributed by atoms with Gasteiger partial charge in [-0.1, -0.05) is 20.8 Å². The Balaban J connectivity index is 0.000000585. The number of nitrogens with one attached hydrogen (secondary N) is 1. The van der Waals surface area contributed by atoms with Gasteiger partial charge in [-0.25, -0.2) is 0 Å². The minimum absolute atomic E-state index is 0.126. The van der Waals surface area contributed by atoms with Crippen LogP contribution in [0.2, 0.25) is 0 Å². The summed E-state index contributed by atoms with van der Waals surface area (Å²) in [6.07, 6.45) is 0. The van der Waals surface area contributed by atoms with Crippen LogP contribution in [-0.4, -0.2) is 50.0 Å². The van der Waals surface area contributed by atoms with E-state index in [4.69, 9.17) is 9.81 Å². The van der Waals surface area contributed by atoms with E-state index in [1.807, 2.05) is 0 Å². The number of amides is 1. The van der Waals surface area contributed by atoms with Gasteiger partial charge in [0.1, 0.15) is 6.54 Å². The molecule has 0 saturated heterocycles. The number of benzene rings is 1. The fourth-order valence-electron chi connectivity index (χ4n) is 1.67. The molecule has 0 aromatic heterocycles. The predicted octanol–water partition coefficient (Wildman–Crippen LogP) is 1.53. The van der Waals surface area contributed by atoms with Gasteiger partial charge in [0.25, 0.3) is 16.0 Å². The molecule has 8 heteroatoms. The minimum Gasteiger partial charge on any atom is -0.339 e. The summed E-state index contributed by atoms with van der Waals surface area (Å²) in [7, 11) is -4.25. The van der Waals surface area contributed by atoms with Gasteiger partial charge in [-0.05, 0) is 43.9 Å². The van der Waals surface area contributed by atoms with Gasteiger partial charge in [0.2, 0.25) is 0 Å². The Morgan fingerprint density at radius 3 is 1.96 bits per heavy atom. The summed E-state index contributed by atoms with van der Waals surface area (Å²) >= 11 is 0. The monoisotopic (exact) mass is 341 g/mol. The van der Waals surface area contributed by atoms with Crippen LogP contribution < -0.4 is 5.32 Å². The first-order chi connectivity index (χ1) is 10.8. The molecule has 0 aliphatic carbocycles. The molecule has 1 aromatic rings. The first-order valence-corrected chi connectivity index (χ1v) is 8.69. The highest BCUT2D eigenvalue weighted by Gasteiger charge is 2.10. The molecular formula is C15H23N3O4S. The van der Waals surface area contributed by atoms with Gasteiger partial charge < -0.3 is 10.2 Å². The summed E-state index contributed by atoms with van der Waals surface area (Å²) < 4.78 is 30.1. The van der Waals surface area contributed by atoms with Crippen LogP contribution in [0.4, 0.5) is 0 Å². The molecule has 1 rings (SSSR count). The Hall–Kier alpha value is -1.95. The maximum atomic E-state index is 11.3. The Kier molecular flexibility index (Phi) is 9.81. The number of carbonyl (C=O) groups is 1. The molecule has 0 radical (unpaired) electrons. The van der Waals surface area contributed by atoms with E-state index in [0.717, 1.165) is 12.1 Å². The van der Waals surface area contributed by atoms with Gasteiger partial charge in [0, 0.05) is 5.56 Å². The molecule has 0 atom stereocenters. The van der Waals surface area contributed by atoms with Crippen molar-refractivity contribution in [1.29, 1.82) is 5.26 Å². The zero-order valence-electron chi connectivity index (χ0n) is 13.6. The highest BCUT2D eigenvalue weighted by atomic mass is 32.2. The molecule has 23 heavy (non-hydrogen) atoms. The number of hydrogen-bond acceptors (Lipinski definition) is 5. The fraction of sp³-hybridized carbons (Fsp3) is 0.467. The van der Waals surface area contributed by atoms with Crippen LogP contribution >= 0.6 is 0 Å². The van der Waals surface area contributed by atoms with Crippen LogP contribution in [0.1, 0.15) is 31.1 Å². The number of carbonyl (C=O) groups excluding carboxylic acids is 1. The molecule has 0 unspecified atom stereocenters. The van der Waals surface area contributed by atoms with Crippen molar-refractivity contribution in [1.82, 2.24) is 10.2 Å². The van der Waals surface area contributed by atoms with E-state index in [1.54, 1.807) is 6.07 Å². The quantitative estimate of drug-likeness (QED) is 0.600. The van der Waals surface area contributed by atoms with Crippen molar-refractivity contribution >= 4 is 16.0 Å². The standard InChI is InChI=1S/C9H8N2O4S.C6H15N/c10-5-6-11-9(12)7-1-3-8(4-2-7)16(13,14)15;1-4-7(5-2)6-3/h1-4H,6H2,(H,11,12)(H,13,14,15);4-6H2,1-3H3. The summed E-state index contributed by atoms with van der Waals surface area (Å²) in [6.45, 7) is 10.00. The molecular weight excluding hydrogens is 318 g/mol. The fourth-order valence-corrected chi connectivity index (χ4v) is 2.15. The lowest BCUT2D eigenvalue weighted by atomic mass is 10.2. The highest BCUT2D eigenvalue weighted by molar-refractivity contribution is 7.85. The van der Waals surface area contributed by atoms with E-state index < -0.39 is 16.0 Å². The van der Waals surface area contributed by atoms with Gasteiger partial charge in [-0.2, -0.15) is 13.7 Å². The molecule has 2 N–H and O–H groups in total. The lowest BCUT2D eigenvalue weighted by Gasteiger charge is -2.13. The second kappa shape index (κ2) is 10.7. The van der Waals surface area contributed by atoms with Crippen LogP contribution in [0.3, 0.4) is 0 Å². The Morgan fingerprint density at radius 2 is 1.65 bits per heavy atom. The van der Waals surface area contributed by atoms with E-state index in [-0.39, 0.29) is 17.0 Å². The third-order valence-electron chi connectivity index (χ3n) is 3.08. The van der Waals surface area contributed by atoms with Crippen molar-refractivity contribution in [3.63, 3.8) is 0 Å². The largest absolute Gasteiger partial charge is 0.339 e. The van der Waals surface area contributed by atoms with Gasteiger partial charge in [-0.15, -0.1) is 0 Å². The normalized spacial score (nSPS) is 10.4. The van der Waals surface area contributed by atoms with E-state index in [9.17, 15) is 13.2 Å². The van der Waals surface area contributed by atoms with Gasteiger partial charge in [0.15, 0.2) is 0 Å². The molecule has 0 aliphatic heterocycles. The van der Waals surface area contributed by atoms with Crippen molar-refractivity contribution in [3.8, 4) is 6.07 Å². The number of rotatable bonds is 6. The van der Waals surface area contributed by atoms with Crippen LogP contribution in [0.5, 0.6) is 0 Å². The number of nitriles is 1. The van der Waals surface area contributed by atoms with Crippen molar-refractivity contribution in [2.75, 3.05) is 26.2 Å². The predicted molar refractivity (Wildman–Crippen MR) is 87.7 cm³/mol. The SMILES string of the molecule is CCN(CC)CC.N#CCNC(=O)c1ccc(S(=O)(=O)O)cc1. The summed E-state index contributed by atoms with van der Waals surface area (Å²) in [5.41, 5.74) is 0.211. The van der Waals surface area contributed by atoms with Crippen molar-refractivity contribution in [2.24, 2.45) is 0 Å². The lowest BCUT2D eigenvalue weighted by Crippen LogP contribution is -2.23. The zero-order valence-corrected chi connectivity index (χ0v) is 14.4. The average molecular weight is 341 g/mol. The second-order valence-electron chi connectivity index (χ2n) is 4.46. The molecule has 0 aliphatic rings. The zero-order chi connectivity index (χ0) is 17.9. The molecule has 128 valence electrons. The van der Waals surface area contributed by atoms with E-state index in [1.165, 1.54) is 31.8 Å². The molecule has 0 spiro atoms. The smallest absolute Gasteiger partial charge is 0.294 e. The van der Waals surface area contributed by atoms with Crippen molar-refractivity contribution in [2.45, 2.75) is 25.7 Å². The molecule has 1 aromatic carbocycles. The summed E-state index contributed by atoms with van der Waals surface area (Å²) in [6, 6.07) is 6.44. The van der Waals surface area contributed by atoms with E-state index in [0.29, 0.717) is 0 Å². The Morgan fingerprint density at radius 1 is 1.17 bits per heavy atom. The Bertz CT molecular complexity index is 612. The average Bonchev–Trinajstić information content (AvgIpc) is 2.54. The van der Waals surface area contributed by atoms with Crippen LogP contribution in [-0.2, 0) is 10.1 Å². The maximum Gasteiger partial charge on any atom is 0.294 e. The minimum atomic E-state index is -4.25. The number of hydrogen-bond donors (Lipinski definition) is 2. The number of nitrogens with zero attached hydrogens (tertiary/aromatic N) is 2. The van der Waals surface area contributed by atoms with Crippen LogP contribution in [0.25, 0.3) is 0 Å². The molecule has 0 fully saturated rings. The molecule has 7 nitrogen and oxygen atoms in total. The van der Waals surface area contributed by atoms with E-state index in [2.05, 4.69) is 31.0 Å². The second-order valence-corrected chi connectivity index (χ2v) is 5.88. The lowest BCUT2D eigenvalue weighted by molar-refractivity contribution is 0.0958. The molecule has 1 amide bonds. The maximum absolute atomic E-state index is 11.3. The topological polar surface area (TPSA) is 111 Å². The van der Waals surface area contributed by atoms with Crippen LogP contribution in [0, 0.1) is 11.3 Å². The van der Waals surface area contributed by atoms with Crippen molar-refractivity contribution in [3.05, 3.63) is 29.8 Å². The molecule has 0 heterocycles. The summed E-state index contributed by atoms with van der Waals surface area (Å²) in [4.78, 5) is 13.4. The first-order valence-electron chi connectivity index (χ1n) is 7.25. The highest BCUT2D eigenvalue weighted by Crippen LogP contribution is 2.09. The van der Waals surface area contributed by atoms with Crippen molar-refractivity contribution < 1.29 is 17.8 Å². The summed E-state index contributed by atoms with van der Waals surface area (Å²) in [5.74, 6) is -0.483. The van der Waals surface area contributed by atoms with Gasteiger partial charge in [0.05, 0.1) is 11.0 Å². The van der Waals surface area contributed by atoms with Gasteiger partial charge in [-0.3, -0.25) is 9.35 Å². The third kappa shape index (κ3) is 8.30. The van der Waals surface area contributed by atoms with Crippen LogP contribution in [0.15, 0.2) is 29.2 Å². The van der Waals surface area contributed by atoms with Gasteiger partial charge >= 0.3 is 0 Å². The molecule has 0 saturated carbocycles. The van der Waals surface area contributed by atoms with E-state index >= 15 is 0 Å². The Labute approximate surface area is 137 Å². The molecule has 0 bridgehead atoms. The first kappa shape index (κ1) is 21.0.